The second-order valence-corrected chi connectivity index (χ2v) is 4.22. The number of hydrogen-bond acceptors (Lipinski definition) is 4. The molecule has 0 saturated heterocycles. The molecule has 0 aliphatic rings. The van der Waals surface area contributed by atoms with E-state index in [4.69, 9.17) is 9.84 Å². The predicted octanol–water partition coefficient (Wildman–Crippen LogP) is 2.51. The van der Waals surface area contributed by atoms with E-state index in [0.717, 1.165) is 5.69 Å². The second kappa shape index (κ2) is 5.48. The van der Waals surface area contributed by atoms with Crippen LogP contribution in [0.2, 0.25) is 0 Å². The molecule has 5 nitrogen and oxygen atoms in total. The fraction of sp³-hybridized carbons (Fsp3) is 0.214. The first-order valence-electron chi connectivity index (χ1n) is 5.83. The highest BCUT2D eigenvalue weighted by molar-refractivity contribution is 5.70. The van der Waals surface area contributed by atoms with Gasteiger partial charge in [0.2, 0.25) is 5.88 Å². The van der Waals surface area contributed by atoms with E-state index in [1.54, 1.807) is 30.5 Å². The maximum absolute atomic E-state index is 10.7. The first-order chi connectivity index (χ1) is 9.04. The van der Waals surface area contributed by atoms with E-state index in [9.17, 15) is 4.79 Å². The summed E-state index contributed by atoms with van der Waals surface area (Å²) in [5, 5.41) is 8.76. The van der Waals surface area contributed by atoms with Crippen LogP contribution in [0.25, 0.3) is 0 Å². The van der Waals surface area contributed by atoms with Crippen molar-refractivity contribution < 1.29 is 14.6 Å². The number of carboxylic acid groups (broad SMARTS) is 1. The summed E-state index contributed by atoms with van der Waals surface area (Å²) in [6, 6.07) is 6.95. The highest BCUT2D eigenvalue weighted by Crippen LogP contribution is 2.22. The van der Waals surface area contributed by atoms with Crippen molar-refractivity contribution in [2.45, 2.75) is 20.3 Å². The third-order valence-electron chi connectivity index (χ3n) is 2.50. The van der Waals surface area contributed by atoms with Crippen molar-refractivity contribution in [3.63, 3.8) is 0 Å². The van der Waals surface area contributed by atoms with Gasteiger partial charge in [-0.25, -0.2) is 4.98 Å². The van der Waals surface area contributed by atoms with Crippen LogP contribution in [0, 0.1) is 13.8 Å². The van der Waals surface area contributed by atoms with E-state index in [1.165, 1.54) is 0 Å². The van der Waals surface area contributed by atoms with Crippen LogP contribution in [0.3, 0.4) is 0 Å². The Balaban J connectivity index is 2.23. The van der Waals surface area contributed by atoms with Gasteiger partial charge >= 0.3 is 5.97 Å². The monoisotopic (exact) mass is 258 g/mol. The number of ether oxygens (including phenoxy) is 1. The molecule has 0 aliphatic carbocycles. The average molecular weight is 258 g/mol. The number of aliphatic carboxylic acids is 1. The Morgan fingerprint density at radius 1 is 1.37 bits per heavy atom. The molecule has 0 amide bonds. The Morgan fingerprint density at radius 2 is 2.16 bits per heavy atom. The van der Waals surface area contributed by atoms with Crippen LogP contribution in [0.4, 0.5) is 0 Å². The minimum absolute atomic E-state index is 0.0321. The lowest BCUT2D eigenvalue weighted by atomic mass is 10.1. The van der Waals surface area contributed by atoms with Gasteiger partial charge in [-0.15, -0.1) is 0 Å². The van der Waals surface area contributed by atoms with Gasteiger partial charge in [0, 0.05) is 6.20 Å². The van der Waals surface area contributed by atoms with Crippen molar-refractivity contribution in [2.75, 3.05) is 0 Å². The second-order valence-electron chi connectivity index (χ2n) is 4.22. The van der Waals surface area contributed by atoms with Gasteiger partial charge in [-0.05, 0) is 31.5 Å². The summed E-state index contributed by atoms with van der Waals surface area (Å²) >= 11 is 0. The predicted molar refractivity (Wildman–Crippen MR) is 69.4 cm³/mol. The van der Waals surface area contributed by atoms with Gasteiger partial charge in [-0.3, -0.25) is 9.78 Å². The Bertz CT molecular complexity index is 611. The Kier molecular flexibility index (Phi) is 3.75. The topological polar surface area (TPSA) is 72.3 Å². The molecule has 0 aliphatic heterocycles. The van der Waals surface area contributed by atoms with Gasteiger partial charge in [0.25, 0.3) is 0 Å². The van der Waals surface area contributed by atoms with Crippen molar-refractivity contribution in [2.24, 2.45) is 0 Å². The SMILES string of the molecule is Cc1cnc(C)c(Oc2cccc(CC(=O)O)c2)n1. The summed E-state index contributed by atoms with van der Waals surface area (Å²) in [6.45, 7) is 3.64. The number of rotatable bonds is 4. The maximum Gasteiger partial charge on any atom is 0.307 e. The maximum atomic E-state index is 10.7. The molecule has 0 atom stereocenters. The minimum atomic E-state index is -0.872. The zero-order chi connectivity index (χ0) is 13.8. The fourth-order valence-corrected chi connectivity index (χ4v) is 1.62. The highest BCUT2D eigenvalue weighted by Gasteiger charge is 2.07. The first-order valence-corrected chi connectivity index (χ1v) is 5.83. The molecule has 0 saturated carbocycles. The van der Waals surface area contributed by atoms with E-state index < -0.39 is 5.97 Å². The summed E-state index contributed by atoms with van der Waals surface area (Å²) in [4.78, 5) is 19.1. The van der Waals surface area contributed by atoms with E-state index >= 15 is 0 Å². The lowest BCUT2D eigenvalue weighted by molar-refractivity contribution is -0.136. The molecule has 5 heteroatoms. The van der Waals surface area contributed by atoms with Gasteiger partial charge in [0.05, 0.1) is 17.8 Å². The minimum Gasteiger partial charge on any atom is -0.481 e. The highest BCUT2D eigenvalue weighted by atomic mass is 16.5. The number of aromatic nitrogens is 2. The number of aryl methyl sites for hydroxylation is 2. The number of benzene rings is 1. The number of hydrogen-bond donors (Lipinski definition) is 1. The van der Waals surface area contributed by atoms with Crippen LogP contribution in [0.15, 0.2) is 30.5 Å². The van der Waals surface area contributed by atoms with Crippen LogP contribution in [-0.2, 0) is 11.2 Å². The Morgan fingerprint density at radius 3 is 2.89 bits per heavy atom. The van der Waals surface area contributed by atoms with Crippen molar-refractivity contribution >= 4 is 5.97 Å². The van der Waals surface area contributed by atoms with Gasteiger partial charge in [-0.1, -0.05) is 12.1 Å². The van der Waals surface area contributed by atoms with Crippen LogP contribution in [-0.4, -0.2) is 21.0 Å². The molecule has 2 aromatic rings. The molecule has 2 rings (SSSR count). The van der Waals surface area contributed by atoms with Crippen LogP contribution >= 0.6 is 0 Å². The van der Waals surface area contributed by atoms with E-state index in [2.05, 4.69) is 9.97 Å². The molecule has 98 valence electrons. The molecule has 1 heterocycles. The summed E-state index contributed by atoms with van der Waals surface area (Å²) < 4.78 is 5.65. The van der Waals surface area contributed by atoms with Crippen molar-refractivity contribution in [3.8, 4) is 11.6 Å². The van der Waals surface area contributed by atoms with Crippen molar-refractivity contribution in [3.05, 3.63) is 47.4 Å². The van der Waals surface area contributed by atoms with Crippen molar-refractivity contribution in [1.82, 2.24) is 9.97 Å². The molecule has 0 radical (unpaired) electrons. The third-order valence-corrected chi connectivity index (χ3v) is 2.50. The van der Waals surface area contributed by atoms with Gasteiger partial charge in [0.1, 0.15) is 5.75 Å². The van der Waals surface area contributed by atoms with Gasteiger partial charge < -0.3 is 9.84 Å². The quantitative estimate of drug-likeness (QED) is 0.912. The summed E-state index contributed by atoms with van der Waals surface area (Å²) in [6.07, 6.45) is 1.64. The molecular formula is C14H14N2O3. The summed E-state index contributed by atoms with van der Waals surface area (Å²) in [7, 11) is 0. The zero-order valence-corrected chi connectivity index (χ0v) is 10.8. The standard InChI is InChI=1S/C14H14N2O3/c1-9-8-15-10(2)14(16-9)19-12-5-3-4-11(6-12)7-13(17)18/h3-6,8H,7H2,1-2H3,(H,17,18). The zero-order valence-electron chi connectivity index (χ0n) is 10.8. The van der Waals surface area contributed by atoms with Crippen molar-refractivity contribution in [1.29, 1.82) is 0 Å². The Hall–Kier alpha value is -2.43. The molecule has 0 fully saturated rings. The fourth-order valence-electron chi connectivity index (χ4n) is 1.62. The summed E-state index contributed by atoms with van der Waals surface area (Å²) in [5.74, 6) is 0.123. The lowest BCUT2D eigenvalue weighted by Gasteiger charge is -2.08. The van der Waals surface area contributed by atoms with Gasteiger partial charge in [0.15, 0.2) is 0 Å². The molecule has 19 heavy (non-hydrogen) atoms. The Labute approximate surface area is 110 Å². The molecule has 0 unspecified atom stereocenters. The lowest BCUT2D eigenvalue weighted by Crippen LogP contribution is -2.00. The first kappa shape index (κ1) is 13.0. The molecular weight excluding hydrogens is 244 g/mol. The largest absolute Gasteiger partial charge is 0.481 e. The molecule has 1 N–H and O–H groups in total. The normalized spacial score (nSPS) is 10.2. The van der Waals surface area contributed by atoms with Gasteiger partial charge in [-0.2, -0.15) is 0 Å². The number of carbonyl (C=O) groups is 1. The van der Waals surface area contributed by atoms with E-state index in [-0.39, 0.29) is 6.42 Å². The van der Waals surface area contributed by atoms with E-state index in [0.29, 0.717) is 22.9 Å². The van der Waals surface area contributed by atoms with Crippen LogP contribution in [0.5, 0.6) is 11.6 Å². The molecule has 0 bridgehead atoms. The number of carboxylic acids is 1. The molecule has 1 aromatic carbocycles. The smallest absolute Gasteiger partial charge is 0.307 e. The average Bonchev–Trinajstić information content (AvgIpc) is 2.33. The van der Waals surface area contributed by atoms with Crippen LogP contribution in [0.1, 0.15) is 17.0 Å². The molecule has 0 spiro atoms. The van der Waals surface area contributed by atoms with E-state index in [1.807, 2.05) is 13.8 Å². The molecule has 1 aromatic heterocycles. The third kappa shape index (κ3) is 3.51. The van der Waals surface area contributed by atoms with Crippen LogP contribution < -0.4 is 4.74 Å². The number of nitrogens with zero attached hydrogens (tertiary/aromatic N) is 2. The summed E-state index contributed by atoms with van der Waals surface area (Å²) in [5.41, 5.74) is 2.14.